The van der Waals surface area contributed by atoms with Crippen LogP contribution in [0, 0.1) is 18.3 Å². The number of pyridine rings is 1. The molecule has 1 aliphatic heterocycles. The van der Waals surface area contributed by atoms with Crippen molar-refractivity contribution in [1.82, 2.24) is 19.6 Å². The van der Waals surface area contributed by atoms with Gasteiger partial charge in [-0.1, -0.05) is 17.7 Å². The number of halogens is 3. The number of nitriles is 1. The van der Waals surface area contributed by atoms with Gasteiger partial charge in [-0.05, 0) is 30.5 Å². The number of benzene rings is 1. The number of fused-ring (bicyclic) bond motifs is 2. The Morgan fingerprint density at radius 3 is 2.85 bits per heavy atom. The molecule has 0 amide bonds. The highest BCUT2D eigenvalue weighted by atomic mass is 35.5. The zero-order valence-corrected chi connectivity index (χ0v) is 18.0. The average molecular weight is 471 g/mol. The first-order chi connectivity index (χ1) is 15.9. The topological polar surface area (TPSA) is 108 Å². The number of aliphatic hydroxyl groups is 1. The summed E-state index contributed by atoms with van der Waals surface area (Å²) in [6, 6.07) is 8.42. The summed E-state index contributed by atoms with van der Waals surface area (Å²) in [5.74, 6) is 0.283. The van der Waals surface area contributed by atoms with Gasteiger partial charge in [-0.15, -0.1) is 0 Å². The van der Waals surface area contributed by atoms with Crippen LogP contribution in [0.5, 0.6) is 0 Å². The third-order valence-electron chi connectivity index (χ3n) is 5.63. The minimum atomic E-state index is -2.96. The minimum Gasteiger partial charge on any atom is -0.388 e. The third-order valence-corrected chi connectivity index (χ3v) is 5.86. The lowest BCUT2D eigenvalue weighted by atomic mass is 10.0. The normalized spacial score (nSPS) is 18.3. The van der Waals surface area contributed by atoms with E-state index >= 15 is 0 Å². The number of anilines is 1. The zero-order valence-electron chi connectivity index (χ0n) is 17.3. The summed E-state index contributed by atoms with van der Waals surface area (Å²) in [5, 5.41) is 29.2. The van der Waals surface area contributed by atoms with E-state index in [-0.39, 0.29) is 30.2 Å². The van der Waals surface area contributed by atoms with E-state index in [0.717, 1.165) is 10.8 Å². The van der Waals surface area contributed by atoms with Crippen LogP contribution in [0.3, 0.4) is 0 Å². The van der Waals surface area contributed by atoms with Crippen molar-refractivity contribution < 1.29 is 18.6 Å². The number of rotatable bonds is 4. The van der Waals surface area contributed by atoms with Gasteiger partial charge in [0.1, 0.15) is 23.1 Å². The minimum absolute atomic E-state index is 0.00626. The van der Waals surface area contributed by atoms with E-state index in [1.54, 1.807) is 31.3 Å². The standard InChI is InChI=1S/C22H17ClF2N6O2/c1-10-17(18-13-3-2-12(23)6-11(13)4-5-27-18)22(29-15-8-33-9-16(15)32)31-21(28-10)14(7-26)19(30-31)20(24)25/h2-6,15-16,20,29,32H,8-9H2,1H3/t15-,16-/m0/s1. The summed E-state index contributed by atoms with van der Waals surface area (Å²) < 4.78 is 33.8. The van der Waals surface area contributed by atoms with Gasteiger partial charge in [0.05, 0.1) is 42.3 Å². The van der Waals surface area contributed by atoms with Crippen LogP contribution in [0.2, 0.25) is 5.02 Å². The Balaban J connectivity index is 1.84. The van der Waals surface area contributed by atoms with E-state index < -0.39 is 24.3 Å². The lowest BCUT2D eigenvalue weighted by Crippen LogP contribution is -2.33. The molecule has 0 spiro atoms. The van der Waals surface area contributed by atoms with E-state index in [2.05, 4.69) is 20.4 Å². The molecule has 1 aliphatic rings. The smallest absolute Gasteiger partial charge is 0.283 e. The average Bonchev–Trinajstić information content (AvgIpc) is 3.36. The number of hydrogen-bond acceptors (Lipinski definition) is 7. The molecule has 1 aromatic carbocycles. The fourth-order valence-electron chi connectivity index (χ4n) is 4.06. The first-order valence-corrected chi connectivity index (χ1v) is 10.4. The number of ether oxygens (including phenoxy) is 1. The summed E-state index contributed by atoms with van der Waals surface area (Å²) >= 11 is 6.15. The number of nitrogens with zero attached hydrogens (tertiary/aromatic N) is 5. The maximum absolute atomic E-state index is 13.7. The van der Waals surface area contributed by atoms with Crippen LogP contribution in [0.1, 0.15) is 23.4 Å². The molecular weight excluding hydrogens is 454 g/mol. The van der Waals surface area contributed by atoms with E-state index in [9.17, 15) is 19.1 Å². The number of hydrogen-bond donors (Lipinski definition) is 2. The summed E-state index contributed by atoms with van der Waals surface area (Å²) in [7, 11) is 0. The predicted octanol–water partition coefficient (Wildman–Crippen LogP) is 3.89. The molecule has 8 nitrogen and oxygen atoms in total. The molecule has 2 N–H and O–H groups in total. The van der Waals surface area contributed by atoms with Crippen LogP contribution in [0.4, 0.5) is 14.6 Å². The van der Waals surface area contributed by atoms with Crippen molar-refractivity contribution in [3.63, 3.8) is 0 Å². The molecule has 168 valence electrons. The van der Waals surface area contributed by atoms with E-state index in [4.69, 9.17) is 16.3 Å². The molecule has 4 heterocycles. The first kappa shape index (κ1) is 21.5. The largest absolute Gasteiger partial charge is 0.388 e. The summed E-state index contributed by atoms with van der Waals surface area (Å²) in [6.45, 7) is 2.04. The lowest BCUT2D eigenvalue weighted by molar-refractivity contribution is 0.125. The molecule has 0 aliphatic carbocycles. The molecule has 0 radical (unpaired) electrons. The molecule has 11 heteroatoms. The molecule has 0 unspecified atom stereocenters. The van der Waals surface area contributed by atoms with Crippen molar-refractivity contribution in [2.24, 2.45) is 0 Å². The summed E-state index contributed by atoms with van der Waals surface area (Å²) in [6.07, 6.45) is -2.17. The van der Waals surface area contributed by atoms with Crippen LogP contribution < -0.4 is 5.32 Å². The Morgan fingerprint density at radius 2 is 2.15 bits per heavy atom. The molecule has 4 aromatic rings. The Morgan fingerprint density at radius 1 is 1.33 bits per heavy atom. The van der Waals surface area contributed by atoms with Gasteiger partial charge in [0.2, 0.25) is 0 Å². The monoisotopic (exact) mass is 470 g/mol. The second-order valence-corrected chi connectivity index (χ2v) is 8.15. The molecule has 0 bridgehead atoms. The van der Waals surface area contributed by atoms with Crippen LogP contribution in [0.25, 0.3) is 27.7 Å². The van der Waals surface area contributed by atoms with Crippen molar-refractivity contribution in [2.75, 3.05) is 18.5 Å². The molecule has 0 saturated carbocycles. The highest BCUT2D eigenvalue weighted by molar-refractivity contribution is 6.31. The SMILES string of the molecule is Cc1nc2c(C#N)c(C(F)F)nn2c(N[C@H]2COC[C@@H]2O)c1-c1nccc2cc(Cl)ccc12. The van der Waals surface area contributed by atoms with Gasteiger partial charge in [-0.2, -0.15) is 14.9 Å². The van der Waals surface area contributed by atoms with Gasteiger partial charge in [0, 0.05) is 16.6 Å². The van der Waals surface area contributed by atoms with Crippen LogP contribution in [-0.4, -0.2) is 50.0 Å². The molecule has 1 saturated heterocycles. The second kappa shape index (κ2) is 8.19. The highest BCUT2D eigenvalue weighted by Gasteiger charge is 2.31. The van der Waals surface area contributed by atoms with Crippen molar-refractivity contribution in [3.05, 3.63) is 52.4 Å². The van der Waals surface area contributed by atoms with Gasteiger partial charge in [-0.3, -0.25) is 4.98 Å². The van der Waals surface area contributed by atoms with Gasteiger partial charge < -0.3 is 15.2 Å². The van der Waals surface area contributed by atoms with Gasteiger partial charge >= 0.3 is 0 Å². The number of alkyl halides is 2. The van der Waals surface area contributed by atoms with Crippen LogP contribution in [0.15, 0.2) is 30.5 Å². The van der Waals surface area contributed by atoms with Gasteiger partial charge in [0.15, 0.2) is 5.65 Å². The first-order valence-electron chi connectivity index (χ1n) is 10.1. The van der Waals surface area contributed by atoms with E-state index in [1.807, 2.05) is 12.1 Å². The van der Waals surface area contributed by atoms with Crippen molar-refractivity contribution in [1.29, 1.82) is 5.26 Å². The lowest BCUT2D eigenvalue weighted by Gasteiger charge is -2.21. The summed E-state index contributed by atoms with van der Waals surface area (Å²) in [4.78, 5) is 8.99. The number of aromatic nitrogens is 4. The van der Waals surface area contributed by atoms with Crippen LogP contribution in [-0.2, 0) is 4.74 Å². The van der Waals surface area contributed by atoms with E-state index in [0.29, 0.717) is 22.0 Å². The van der Waals surface area contributed by atoms with Gasteiger partial charge in [-0.25, -0.2) is 13.8 Å². The number of aryl methyl sites for hydroxylation is 1. The molecule has 33 heavy (non-hydrogen) atoms. The highest BCUT2D eigenvalue weighted by Crippen LogP contribution is 2.37. The Hall–Kier alpha value is -3.39. The molecule has 3 aromatic heterocycles. The number of nitrogens with one attached hydrogen (secondary N) is 1. The maximum Gasteiger partial charge on any atom is 0.283 e. The molecular formula is C22H17ClF2N6O2. The quantitative estimate of drug-likeness (QED) is 0.465. The van der Waals surface area contributed by atoms with Crippen LogP contribution >= 0.6 is 11.6 Å². The van der Waals surface area contributed by atoms with E-state index in [1.165, 1.54) is 4.52 Å². The Kier molecular flexibility index (Phi) is 5.32. The maximum atomic E-state index is 13.7. The molecule has 2 atom stereocenters. The van der Waals surface area contributed by atoms with Crippen molar-refractivity contribution >= 4 is 33.8 Å². The van der Waals surface area contributed by atoms with Gasteiger partial charge in [0.25, 0.3) is 6.43 Å². The number of aliphatic hydroxyl groups excluding tert-OH is 1. The Labute approximate surface area is 191 Å². The Bertz CT molecular complexity index is 1430. The van der Waals surface area contributed by atoms with Crippen molar-refractivity contribution in [2.45, 2.75) is 25.5 Å². The fraction of sp³-hybridized carbons (Fsp3) is 0.273. The second-order valence-electron chi connectivity index (χ2n) is 7.71. The molecule has 5 rings (SSSR count). The fourth-order valence-corrected chi connectivity index (χ4v) is 4.24. The van der Waals surface area contributed by atoms with Crippen molar-refractivity contribution in [3.8, 4) is 17.3 Å². The third kappa shape index (κ3) is 3.54. The zero-order chi connectivity index (χ0) is 23.3. The predicted molar refractivity (Wildman–Crippen MR) is 117 cm³/mol. The molecule has 1 fully saturated rings. The summed E-state index contributed by atoms with van der Waals surface area (Å²) in [5.41, 5.74) is 0.509.